The van der Waals surface area contributed by atoms with Crippen molar-refractivity contribution in [2.75, 3.05) is 7.11 Å². The molecule has 6 heteroatoms. The van der Waals surface area contributed by atoms with Crippen LogP contribution < -0.4 is 4.74 Å². The third-order valence-corrected chi connectivity index (χ3v) is 3.66. The third kappa shape index (κ3) is 2.62. The molecule has 0 unspecified atom stereocenters. The predicted molar refractivity (Wildman–Crippen MR) is 79.4 cm³/mol. The highest BCUT2D eigenvalue weighted by Crippen LogP contribution is 2.30. The van der Waals surface area contributed by atoms with Crippen LogP contribution in [-0.4, -0.2) is 21.6 Å². The van der Waals surface area contributed by atoms with Crippen LogP contribution in [0, 0.1) is 0 Å². The van der Waals surface area contributed by atoms with Gasteiger partial charge >= 0.3 is 0 Å². The van der Waals surface area contributed by atoms with Gasteiger partial charge in [0.25, 0.3) is 0 Å². The molecule has 0 saturated carbocycles. The van der Waals surface area contributed by atoms with Gasteiger partial charge in [-0.15, -0.1) is 0 Å². The van der Waals surface area contributed by atoms with Crippen molar-refractivity contribution in [3.63, 3.8) is 0 Å². The number of pyridine rings is 1. The Labute approximate surface area is 125 Å². The molecule has 0 aliphatic carbocycles. The van der Waals surface area contributed by atoms with E-state index in [1.807, 2.05) is 24.5 Å². The number of aromatic nitrogens is 3. The van der Waals surface area contributed by atoms with E-state index < -0.39 is 0 Å². The van der Waals surface area contributed by atoms with Gasteiger partial charge in [0.2, 0.25) is 0 Å². The summed E-state index contributed by atoms with van der Waals surface area (Å²) in [4.78, 5) is 8.95. The number of aryl methyl sites for hydroxylation is 2. The molecule has 0 N–H and O–H groups in total. The number of hydrogen-bond donors (Lipinski definition) is 0. The minimum atomic E-state index is 0.604. The van der Waals surface area contributed by atoms with Crippen LogP contribution >= 0.6 is 27.5 Å². The van der Waals surface area contributed by atoms with E-state index in [-0.39, 0.29) is 0 Å². The Morgan fingerprint density at radius 3 is 2.68 bits per heavy atom. The van der Waals surface area contributed by atoms with Crippen LogP contribution in [0.1, 0.15) is 25.4 Å². The van der Waals surface area contributed by atoms with Gasteiger partial charge in [-0.2, -0.15) is 0 Å². The van der Waals surface area contributed by atoms with Crippen molar-refractivity contribution in [2.45, 2.75) is 26.7 Å². The van der Waals surface area contributed by atoms with E-state index >= 15 is 0 Å². The average molecular weight is 345 g/mol. The van der Waals surface area contributed by atoms with Gasteiger partial charge in [0, 0.05) is 17.1 Å². The first-order chi connectivity index (χ1) is 9.12. The lowest BCUT2D eigenvalue weighted by atomic mass is 10.3. The highest BCUT2D eigenvalue weighted by Gasteiger charge is 2.18. The number of halogens is 2. The van der Waals surface area contributed by atoms with Gasteiger partial charge in [0.15, 0.2) is 11.6 Å². The summed E-state index contributed by atoms with van der Waals surface area (Å²) in [5, 5.41) is 0.604. The molecule has 0 bridgehead atoms. The fourth-order valence-electron chi connectivity index (χ4n) is 1.90. The summed E-state index contributed by atoms with van der Waals surface area (Å²) >= 11 is 9.79. The SMILES string of the molecule is CCc1nc(CC)n(-c2ncc(Br)cc2OC)c1Cl. The van der Waals surface area contributed by atoms with Crippen LogP contribution in [-0.2, 0) is 12.8 Å². The molecular weight excluding hydrogens is 330 g/mol. The number of hydrogen-bond acceptors (Lipinski definition) is 3. The van der Waals surface area contributed by atoms with Crippen LogP contribution in [0.3, 0.4) is 0 Å². The summed E-state index contributed by atoms with van der Waals surface area (Å²) in [6.45, 7) is 4.07. The maximum atomic E-state index is 6.40. The first-order valence-electron chi connectivity index (χ1n) is 6.08. The van der Waals surface area contributed by atoms with E-state index in [4.69, 9.17) is 16.3 Å². The summed E-state index contributed by atoms with van der Waals surface area (Å²) in [7, 11) is 1.62. The van der Waals surface area contributed by atoms with Crippen LogP contribution in [0.4, 0.5) is 0 Å². The summed E-state index contributed by atoms with van der Waals surface area (Å²) < 4.78 is 8.09. The lowest BCUT2D eigenvalue weighted by Gasteiger charge is -2.11. The Kier molecular flexibility index (Phi) is 4.47. The van der Waals surface area contributed by atoms with Gasteiger partial charge in [-0.3, -0.25) is 4.57 Å². The number of methoxy groups -OCH3 is 1. The second-order valence-electron chi connectivity index (χ2n) is 3.99. The minimum absolute atomic E-state index is 0.604. The Morgan fingerprint density at radius 1 is 1.37 bits per heavy atom. The van der Waals surface area contributed by atoms with Crippen LogP contribution in [0.2, 0.25) is 5.15 Å². The molecule has 0 fully saturated rings. The average Bonchev–Trinajstić information content (AvgIpc) is 2.75. The van der Waals surface area contributed by atoms with Crippen LogP contribution in [0.5, 0.6) is 5.75 Å². The summed E-state index contributed by atoms with van der Waals surface area (Å²) in [5.74, 6) is 2.21. The second kappa shape index (κ2) is 5.92. The first-order valence-corrected chi connectivity index (χ1v) is 7.25. The first kappa shape index (κ1) is 14.3. The Bertz CT molecular complexity index is 598. The summed E-state index contributed by atoms with van der Waals surface area (Å²) in [6, 6.07) is 1.86. The van der Waals surface area contributed by atoms with Crippen LogP contribution in [0.15, 0.2) is 16.7 Å². The molecule has 4 nitrogen and oxygen atoms in total. The fraction of sp³-hybridized carbons (Fsp3) is 0.385. The predicted octanol–water partition coefficient (Wildman–Crippen LogP) is 3.82. The van der Waals surface area contributed by atoms with Crippen LogP contribution in [0.25, 0.3) is 5.82 Å². The van der Waals surface area contributed by atoms with Crippen molar-refractivity contribution >= 4 is 27.5 Å². The van der Waals surface area contributed by atoms with Gasteiger partial charge in [0.1, 0.15) is 11.0 Å². The molecule has 2 aromatic rings. The molecule has 2 rings (SSSR count). The van der Waals surface area contributed by atoms with Gasteiger partial charge in [-0.05, 0) is 28.4 Å². The Morgan fingerprint density at radius 2 is 2.11 bits per heavy atom. The molecule has 0 atom stereocenters. The molecular formula is C13H15BrClN3O. The van der Waals surface area contributed by atoms with Crippen molar-refractivity contribution in [1.82, 2.24) is 14.5 Å². The molecule has 0 aliphatic heterocycles. The monoisotopic (exact) mass is 343 g/mol. The molecule has 0 saturated heterocycles. The summed E-state index contributed by atoms with van der Waals surface area (Å²) in [5.41, 5.74) is 0.880. The zero-order valence-electron chi connectivity index (χ0n) is 11.1. The lowest BCUT2D eigenvalue weighted by molar-refractivity contribution is 0.410. The van der Waals surface area contributed by atoms with Gasteiger partial charge in [-0.1, -0.05) is 25.4 Å². The largest absolute Gasteiger partial charge is 0.493 e. The maximum absolute atomic E-state index is 6.40. The minimum Gasteiger partial charge on any atom is -0.493 e. The fourth-order valence-corrected chi connectivity index (χ4v) is 2.57. The molecule has 19 heavy (non-hydrogen) atoms. The van der Waals surface area contributed by atoms with E-state index in [9.17, 15) is 0 Å². The second-order valence-corrected chi connectivity index (χ2v) is 5.26. The molecule has 102 valence electrons. The number of imidazole rings is 1. The molecule has 0 spiro atoms. The van der Waals surface area contributed by atoms with Gasteiger partial charge in [0.05, 0.1) is 12.8 Å². The van der Waals surface area contributed by atoms with Crippen molar-refractivity contribution < 1.29 is 4.74 Å². The van der Waals surface area contributed by atoms with E-state index in [2.05, 4.69) is 25.9 Å². The molecule has 2 heterocycles. The smallest absolute Gasteiger partial charge is 0.182 e. The molecule has 0 aliphatic rings. The van der Waals surface area contributed by atoms with Crippen molar-refractivity contribution in [1.29, 1.82) is 0 Å². The zero-order chi connectivity index (χ0) is 14.0. The maximum Gasteiger partial charge on any atom is 0.182 e. The number of nitrogens with zero attached hydrogens (tertiary/aromatic N) is 3. The van der Waals surface area contributed by atoms with Gasteiger partial charge < -0.3 is 4.74 Å². The third-order valence-electron chi connectivity index (χ3n) is 2.84. The normalized spacial score (nSPS) is 10.8. The lowest BCUT2D eigenvalue weighted by Crippen LogP contribution is -2.05. The van der Waals surface area contributed by atoms with Gasteiger partial charge in [-0.25, -0.2) is 9.97 Å². The molecule has 2 aromatic heterocycles. The highest BCUT2D eigenvalue weighted by atomic mass is 79.9. The Balaban J connectivity index is 2.67. The standard InChI is InChI=1S/C13H15BrClN3O/c1-4-9-12(15)18(11(5-2)17-9)13-10(19-3)6-8(14)7-16-13/h6-7H,4-5H2,1-3H3. The number of ether oxygens (including phenoxy) is 1. The van der Waals surface area contributed by atoms with E-state index in [1.165, 1.54) is 0 Å². The van der Waals surface area contributed by atoms with E-state index in [0.29, 0.717) is 16.7 Å². The van der Waals surface area contributed by atoms with E-state index in [0.717, 1.165) is 28.8 Å². The molecule has 0 radical (unpaired) electrons. The van der Waals surface area contributed by atoms with E-state index in [1.54, 1.807) is 13.3 Å². The zero-order valence-corrected chi connectivity index (χ0v) is 13.4. The van der Waals surface area contributed by atoms with Crippen molar-refractivity contribution in [3.05, 3.63) is 33.4 Å². The summed E-state index contributed by atoms with van der Waals surface area (Å²) in [6.07, 6.45) is 3.29. The quantitative estimate of drug-likeness (QED) is 0.846. The number of rotatable bonds is 4. The van der Waals surface area contributed by atoms with Crippen molar-refractivity contribution in [3.8, 4) is 11.6 Å². The molecule has 0 amide bonds. The Hall–Kier alpha value is -1.07. The topological polar surface area (TPSA) is 39.9 Å². The highest BCUT2D eigenvalue weighted by molar-refractivity contribution is 9.10. The molecule has 0 aromatic carbocycles. The van der Waals surface area contributed by atoms with Crippen molar-refractivity contribution in [2.24, 2.45) is 0 Å².